The van der Waals surface area contributed by atoms with Crippen LogP contribution in [0.3, 0.4) is 0 Å². The van der Waals surface area contributed by atoms with Gasteiger partial charge in [0.05, 0.1) is 15.2 Å². The molecule has 2 atom stereocenters. The van der Waals surface area contributed by atoms with Crippen LogP contribution in [0.2, 0.25) is 0 Å². The average Bonchev–Trinajstić information content (AvgIpc) is 3.32. The highest BCUT2D eigenvalue weighted by Crippen LogP contribution is 2.38. The minimum Gasteiger partial charge on any atom is -0.465 e. The van der Waals surface area contributed by atoms with Crippen molar-refractivity contribution in [3.8, 4) is 5.75 Å². The Labute approximate surface area is 225 Å². The number of piperidine rings is 1. The molecule has 0 saturated carbocycles. The van der Waals surface area contributed by atoms with E-state index in [9.17, 15) is 15.0 Å². The third-order valence-corrected chi connectivity index (χ3v) is 7.87. The van der Waals surface area contributed by atoms with Crippen molar-refractivity contribution in [3.63, 3.8) is 0 Å². The van der Waals surface area contributed by atoms with E-state index in [4.69, 9.17) is 9.47 Å². The van der Waals surface area contributed by atoms with Gasteiger partial charge in [-0.15, -0.1) is 11.3 Å². The molecule has 0 radical (unpaired) electrons. The summed E-state index contributed by atoms with van der Waals surface area (Å²) in [6, 6.07) is 18.2. The Bertz CT molecular complexity index is 1360. The van der Waals surface area contributed by atoms with Crippen molar-refractivity contribution in [1.82, 2.24) is 14.9 Å². The van der Waals surface area contributed by atoms with Crippen LogP contribution in [0.4, 0.5) is 0 Å². The number of benzene rings is 2. The summed E-state index contributed by atoms with van der Waals surface area (Å²) in [5.41, 5.74) is 1.29. The van der Waals surface area contributed by atoms with Crippen molar-refractivity contribution in [2.75, 3.05) is 19.6 Å². The molecule has 0 spiro atoms. The van der Waals surface area contributed by atoms with Crippen LogP contribution in [0, 0.1) is 6.92 Å². The number of aliphatic hydroxyl groups excluding tert-OH is 2. The smallest absolute Gasteiger partial charge is 0.340 e. The van der Waals surface area contributed by atoms with E-state index < -0.39 is 24.0 Å². The monoisotopic (exact) mass is 533 g/mol. The number of thiazole rings is 1. The second-order valence-electron chi connectivity index (χ2n) is 9.54. The fourth-order valence-corrected chi connectivity index (χ4v) is 5.65. The molecule has 0 unspecified atom stereocenters. The third kappa shape index (κ3) is 6.02. The van der Waals surface area contributed by atoms with Crippen LogP contribution in [0.5, 0.6) is 5.75 Å². The number of hydrogen-bond donors (Lipinski definition) is 2. The standard InChI is InChI=1S/C29H31N3O5S/c1-20-31-24-18-23(9-10-25(24)38-20)36-26(33)11-15-32-16-12-29(13-17-32,22-8-5-14-30-19-22)37-28(35)27(34)21-6-3-2-4-7-21/h2-10,14,18-19,26-27,33-34H,11-13,15-17H2,1H3/t26-,27+/m0/s1. The largest absolute Gasteiger partial charge is 0.465 e. The second-order valence-corrected chi connectivity index (χ2v) is 10.8. The van der Waals surface area contributed by atoms with Gasteiger partial charge < -0.3 is 24.6 Å². The van der Waals surface area contributed by atoms with Gasteiger partial charge in [0.15, 0.2) is 12.4 Å². The number of carbonyl (C=O) groups is 1. The molecule has 2 aromatic heterocycles. The number of aromatic nitrogens is 2. The predicted octanol–water partition coefficient (Wildman–Crippen LogP) is 4.36. The number of rotatable bonds is 9. The van der Waals surface area contributed by atoms with E-state index in [0.717, 1.165) is 20.8 Å². The second kappa shape index (κ2) is 11.6. The molecular formula is C29H31N3O5S. The number of ether oxygens (including phenoxy) is 2. The molecule has 8 nitrogen and oxygen atoms in total. The minimum absolute atomic E-state index is 0.431. The fourth-order valence-electron chi connectivity index (χ4n) is 4.84. The van der Waals surface area contributed by atoms with Gasteiger partial charge in [-0.2, -0.15) is 0 Å². The number of likely N-dealkylation sites (tertiary alicyclic amines) is 1. The maximum atomic E-state index is 13.0. The molecule has 2 aromatic carbocycles. The summed E-state index contributed by atoms with van der Waals surface area (Å²) in [7, 11) is 0. The molecule has 198 valence electrons. The van der Waals surface area contributed by atoms with Gasteiger partial charge in [-0.05, 0) is 30.7 Å². The summed E-state index contributed by atoms with van der Waals surface area (Å²) in [5.74, 6) is -0.0852. The van der Waals surface area contributed by atoms with Crippen molar-refractivity contribution >= 4 is 27.5 Å². The average molecular weight is 534 g/mol. The van der Waals surface area contributed by atoms with Gasteiger partial charge >= 0.3 is 5.97 Å². The van der Waals surface area contributed by atoms with Gasteiger partial charge in [0.1, 0.15) is 11.4 Å². The van der Waals surface area contributed by atoms with E-state index in [-0.39, 0.29) is 0 Å². The molecule has 2 N–H and O–H groups in total. The number of aliphatic hydroxyl groups is 2. The zero-order valence-corrected chi connectivity index (χ0v) is 22.0. The molecule has 0 aliphatic carbocycles. The molecule has 1 saturated heterocycles. The van der Waals surface area contributed by atoms with Crippen LogP contribution in [-0.2, 0) is 15.1 Å². The van der Waals surface area contributed by atoms with Crippen LogP contribution in [0.25, 0.3) is 10.2 Å². The topological polar surface area (TPSA) is 105 Å². The van der Waals surface area contributed by atoms with Crippen molar-refractivity contribution in [2.45, 2.75) is 44.2 Å². The lowest BCUT2D eigenvalue weighted by molar-refractivity contribution is -0.177. The number of esters is 1. The van der Waals surface area contributed by atoms with Crippen LogP contribution < -0.4 is 4.74 Å². The van der Waals surface area contributed by atoms with Gasteiger partial charge in [-0.25, -0.2) is 9.78 Å². The summed E-state index contributed by atoms with van der Waals surface area (Å²) in [5, 5.41) is 22.1. The number of carbonyl (C=O) groups excluding carboxylic acids is 1. The van der Waals surface area contributed by atoms with E-state index in [2.05, 4.69) is 14.9 Å². The molecule has 0 amide bonds. The summed E-state index contributed by atoms with van der Waals surface area (Å²) >= 11 is 1.63. The van der Waals surface area contributed by atoms with Crippen LogP contribution >= 0.6 is 11.3 Å². The third-order valence-electron chi connectivity index (χ3n) is 6.92. The lowest BCUT2D eigenvalue weighted by Gasteiger charge is -2.41. The molecule has 1 fully saturated rings. The summed E-state index contributed by atoms with van der Waals surface area (Å²) in [4.78, 5) is 23.9. The summed E-state index contributed by atoms with van der Waals surface area (Å²) in [6.45, 7) is 3.90. The number of fused-ring (bicyclic) bond motifs is 1. The van der Waals surface area contributed by atoms with Gasteiger partial charge in [-0.1, -0.05) is 36.4 Å². The maximum Gasteiger partial charge on any atom is 0.340 e. The van der Waals surface area contributed by atoms with Gasteiger partial charge in [-0.3, -0.25) is 4.98 Å². The van der Waals surface area contributed by atoms with E-state index in [1.54, 1.807) is 48.0 Å². The predicted molar refractivity (Wildman–Crippen MR) is 145 cm³/mol. The molecule has 1 aliphatic heterocycles. The molecule has 38 heavy (non-hydrogen) atoms. The first kappa shape index (κ1) is 26.2. The molecule has 3 heterocycles. The Morgan fingerprint density at radius 2 is 1.89 bits per heavy atom. The van der Waals surface area contributed by atoms with Crippen molar-refractivity contribution in [3.05, 3.63) is 89.2 Å². The summed E-state index contributed by atoms with van der Waals surface area (Å²) in [6.07, 6.45) is 2.61. The van der Waals surface area contributed by atoms with Crippen molar-refractivity contribution in [2.24, 2.45) is 0 Å². The SMILES string of the molecule is Cc1nc2cc(O[C@H](O)CCN3CCC(OC(=O)[C@H](O)c4ccccc4)(c4cccnc4)CC3)ccc2s1. The molecule has 9 heteroatoms. The van der Waals surface area contributed by atoms with E-state index >= 15 is 0 Å². The molecular weight excluding hydrogens is 502 g/mol. The number of aryl methyl sites for hydroxylation is 1. The number of pyridine rings is 1. The zero-order chi connectivity index (χ0) is 26.5. The Kier molecular flexibility index (Phi) is 7.99. The fraction of sp³-hybridized carbons (Fsp3) is 0.345. The van der Waals surface area contributed by atoms with E-state index in [1.165, 1.54) is 0 Å². The van der Waals surface area contributed by atoms with E-state index in [0.29, 0.717) is 50.2 Å². The maximum absolute atomic E-state index is 13.0. The van der Waals surface area contributed by atoms with Crippen LogP contribution in [-0.4, -0.2) is 57.0 Å². The molecule has 0 bridgehead atoms. The lowest BCUT2D eigenvalue weighted by Crippen LogP contribution is -2.46. The first-order valence-electron chi connectivity index (χ1n) is 12.7. The van der Waals surface area contributed by atoms with Gasteiger partial charge in [0, 0.05) is 62.9 Å². The molecule has 5 rings (SSSR count). The minimum atomic E-state index is -1.36. The zero-order valence-electron chi connectivity index (χ0n) is 21.2. The Morgan fingerprint density at radius 3 is 2.63 bits per heavy atom. The highest BCUT2D eigenvalue weighted by molar-refractivity contribution is 7.18. The van der Waals surface area contributed by atoms with E-state index in [1.807, 2.05) is 43.3 Å². The first-order chi connectivity index (χ1) is 18.4. The Hall–Kier alpha value is -3.37. The Morgan fingerprint density at radius 1 is 1.11 bits per heavy atom. The Balaban J connectivity index is 1.19. The van der Waals surface area contributed by atoms with Crippen LogP contribution in [0.1, 0.15) is 41.5 Å². The number of hydrogen-bond acceptors (Lipinski definition) is 9. The van der Waals surface area contributed by atoms with Gasteiger partial charge in [0.2, 0.25) is 0 Å². The quantitative estimate of drug-likeness (QED) is 0.242. The normalized spacial score (nSPS) is 17.1. The molecule has 1 aliphatic rings. The van der Waals surface area contributed by atoms with Crippen molar-refractivity contribution in [1.29, 1.82) is 0 Å². The first-order valence-corrected chi connectivity index (χ1v) is 13.5. The van der Waals surface area contributed by atoms with Gasteiger partial charge in [0.25, 0.3) is 0 Å². The van der Waals surface area contributed by atoms with Crippen LogP contribution in [0.15, 0.2) is 73.1 Å². The summed E-state index contributed by atoms with van der Waals surface area (Å²) < 4.78 is 12.9. The van der Waals surface area contributed by atoms with Crippen molar-refractivity contribution < 1.29 is 24.5 Å². The molecule has 4 aromatic rings. The highest BCUT2D eigenvalue weighted by atomic mass is 32.1. The highest BCUT2D eigenvalue weighted by Gasteiger charge is 2.41. The number of nitrogens with zero attached hydrogens (tertiary/aromatic N) is 3. The lowest BCUT2D eigenvalue weighted by atomic mass is 9.84.